The zero-order valence-electron chi connectivity index (χ0n) is 6.80. The van der Waals surface area contributed by atoms with E-state index in [1.807, 2.05) is 26.1 Å². The molecule has 0 unspecified atom stereocenters. The van der Waals surface area contributed by atoms with Gasteiger partial charge in [-0.3, -0.25) is 4.90 Å². The van der Waals surface area contributed by atoms with Crippen LogP contribution in [0.4, 0.5) is 0 Å². The Balaban J connectivity index is 2.50. The summed E-state index contributed by atoms with van der Waals surface area (Å²) in [5.41, 5.74) is 0.868. The lowest BCUT2D eigenvalue weighted by atomic mass is 10.4. The van der Waals surface area contributed by atoms with Crippen LogP contribution in [0.1, 0.15) is 11.5 Å². The van der Waals surface area contributed by atoms with Crippen LogP contribution in [0.2, 0.25) is 0 Å². The van der Waals surface area contributed by atoms with Crippen molar-refractivity contribution in [2.24, 2.45) is 0 Å². The number of furan rings is 1. The maximum absolute atomic E-state index is 5.39. The zero-order chi connectivity index (χ0) is 8.27. The summed E-state index contributed by atoms with van der Waals surface area (Å²) in [6, 6.07) is 3.99. The minimum absolute atomic E-state index is 0.860. The van der Waals surface area contributed by atoms with E-state index in [1.54, 1.807) is 0 Å². The first-order valence-corrected chi connectivity index (χ1v) is 4.64. The lowest BCUT2D eigenvalue weighted by Gasteiger charge is -2.09. The minimum atomic E-state index is 0.860. The number of hydrogen-bond acceptors (Lipinski definition) is 2. The predicted octanol–water partition coefficient (Wildman–Crippen LogP) is 2.37. The Morgan fingerprint density at radius 3 is 2.73 bits per heavy atom. The third kappa shape index (κ3) is 2.67. The van der Waals surface area contributed by atoms with Gasteiger partial charge < -0.3 is 4.42 Å². The van der Waals surface area contributed by atoms with Gasteiger partial charge in [-0.25, -0.2) is 0 Å². The van der Waals surface area contributed by atoms with Crippen molar-refractivity contribution in [1.29, 1.82) is 0 Å². The van der Waals surface area contributed by atoms with Crippen LogP contribution < -0.4 is 0 Å². The van der Waals surface area contributed by atoms with Gasteiger partial charge in [0.25, 0.3) is 0 Å². The number of rotatable bonds is 3. The second kappa shape index (κ2) is 3.93. The zero-order valence-corrected chi connectivity index (χ0v) is 8.39. The number of alkyl halides is 1. The highest BCUT2D eigenvalue weighted by Crippen LogP contribution is 2.08. The van der Waals surface area contributed by atoms with Crippen molar-refractivity contribution in [2.45, 2.75) is 13.5 Å². The summed E-state index contributed by atoms with van der Waals surface area (Å²) in [7, 11) is 2.03. The van der Waals surface area contributed by atoms with Crippen molar-refractivity contribution in [3.05, 3.63) is 23.7 Å². The van der Waals surface area contributed by atoms with E-state index in [-0.39, 0.29) is 0 Å². The van der Waals surface area contributed by atoms with Gasteiger partial charge >= 0.3 is 0 Å². The molecule has 0 spiro atoms. The molecule has 0 aliphatic rings. The van der Waals surface area contributed by atoms with Crippen molar-refractivity contribution in [3.8, 4) is 0 Å². The first kappa shape index (κ1) is 8.81. The van der Waals surface area contributed by atoms with Gasteiger partial charge in [-0.05, 0) is 26.1 Å². The Morgan fingerprint density at radius 2 is 2.27 bits per heavy atom. The molecule has 0 fully saturated rings. The molecule has 0 aliphatic carbocycles. The van der Waals surface area contributed by atoms with Crippen LogP contribution in [-0.2, 0) is 6.54 Å². The van der Waals surface area contributed by atoms with E-state index in [0.717, 1.165) is 23.5 Å². The van der Waals surface area contributed by atoms with E-state index in [4.69, 9.17) is 4.42 Å². The van der Waals surface area contributed by atoms with Gasteiger partial charge in [-0.2, -0.15) is 0 Å². The smallest absolute Gasteiger partial charge is 0.118 e. The first-order chi connectivity index (χ1) is 5.22. The van der Waals surface area contributed by atoms with Gasteiger partial charge in [-0.1, -0.05) is 15.9 Å². The molecule has 0 saturated heterocycles. The van der Waals surface area contributed by atoms with E-state index in [0.29, 0.717) is 0 Å². The molecule has 0 aromatic carbocycles. The lowest BCUT2D eigenvalue weighted by molar-refractivity contribution is 0.337. The van der Waals surface area contributed by atoms with Gasteiger partial charge in [0.2, 0.25) is 0 Å². The summed E-state index contributed by atoms with van der Waals surface area (Å²) < 4.78 is 5.39. The van der Waals surface area contributed by atoms with Crippen LogP contribution in [0.25, 0.3) is 0 Å². The molecule has 1 aromatic rings. The molecule has 0 bridgehead atoms. The summed E-state index contributed by atoms with van der Waals surface area (Å²) in [5, 5.41) is 0. The molecule has 0 amide bonds. The second-order valence-corrected chi connectivity index (χ2v) is 3.15. The van der Waals surface area contributed by atoms with E-state index >= 15 is 0 Å². The highest BCUT2D eigenvalue weighted by atomic mass is 79.9. The van der Waals surface area contributed by atoms with Crippen molar-refractivity contribution in [2.75, 3.05) is 12.5 Å². The standard InChI is InChI=1S/C8H12BrNO/c1-7-3-4-8(11-7)5-10(2)6-9/h3-4H,5-6H2,1-2H3. The van der Waals surface area contributed by atoms with Crippen molar-refractivity contribution < 1.29 is 4.42 Å². The highest BCUT2D eigenvalue weighted by molar-refractivity contribution is 9.09. The quantitative estimate of drug-likeness (QED) is 0.572. The van der Waals surface area contributed by atoms with E-state index in [9.17, 15) is 0 Å². The van der Waals surface area contributed by atoms with Crippen LogP contribution in [0, 0.1) is 6.92 Å². The first-order valence-electron chi connectivity index (χ1n) is 3.52. The fraction of sp³-hybridized carbons (Fsp3) is 0.500. The molecule has 62 valence electrons. The normalized spacial score (nSPS) is 10.9. The van der Waals surface area contributed by atoms with Crippen molar-refractivity contribution in [3.63, 3.8) is 0 Å². The number of nitrogens with zero attached hydrogens (tertiary/aromatic N) is 1. The molecular weight excluding hydrogens is 206 g/mol. The SMILES string of the molecule is Cc1ccc(CN(C)CBr)o1. The summed E-state index contributed by atoms with van der Waals surface area (Å²) >= 11 is 3.36. The maximum atomic E-state index is 5.39. The van der Waals surface area contributed by atoms with Gasteiger partial charge in [0, 0.05) is 0 Å². The molecule has 2 nitrogen and oxygen atoms in total. The Kier molecular flexibility index (Phi) is 3.15. The monoisotopic (exact) mass is 217 g/mol. The molecule has 0 N–H and O–H groups in total. The summed E-state index contributed by atoms with van der Waals surface area (Å²) in [6.07, 6.45) is 0. The minimum Gasteiger partial charge on any atom is -0.465 e. The molecule has 0 saturated carbocycles. The second-order valence-electron chi connectivity index (χ2n) is 2.65. The van der Waals surface area contributed by atoms with Crippen molar-refractivity contribution >= 4 is 15.9 Å². The molecule has 0 atom stereocenters. The molecule has 1 heterocycles. The largest absolute Gasteiger partial charge is 0.465 e. The number of hydrogen-bond donors (Lipinski definition) is 0. The average Bonchev–Trinajstić information content (AvgIpc) is 2.35. The lowest BCUT2D eigenvalue weighted by Crippen LogP contribution is -2.14. The van der Waals surface area contributed by atoms with E-state index in [1.165, 1.54) is 0 Å². The number of aryl methyl sites for hydroxylation is 1. The molecular formula is C8H12BrNO. The fourth-order valence-electron chi connectivity index (χ4n) is 0.878. The van der Waals surface area contributed by atoms with Crippen LogP contribution >= 0.6 is 15.9 Å². The Morgan fingerprint density at radius 1 is 1.55 bits per heavy atom. The Bertz CT molecular complexity index is 222. The van der Waals surface area contributed by atoms with Crippen LogP contribution in [0.3, 0.4) is 0 Å². The van der Waals surface area contributed by atoms with Crippen LogP contribution in [0.15, 0.2) is 16.5 Å². The molecule has 1 rings (SSSR count). The van der Waals surface area contributed by atoms with Crippen LogP contribution in [-0.4, -0.2) is 17.4 Å². The van der Waals surface area contributed by atoms with Crippen molar-refractivity contribution in [1.82, 2.24) is 4.90 Å². The molecule has 11 heavy (non-hydrogen) atoms. The average molecular weight is 218 g/mol. The third-order valence-corrected chi connectivity index (χ3v) is 2.28. The van der Waals surface area contributed by atoms with E-state index < -0.39 is 0 Å². The van der Waals surface area contributed by atoms with E-state index in [2.05, 4.69) is 20.8 Å². The predicted molar refractivity (Wildman–Crippen MR) is 48.7 cm³/mol. The molecule has 1 aromatic heterocycles. The Hall–Kier alpha value is -0.280. The molecule has 0 aliphatic heterocycles. The summed E-state index contributed by atoms with van der Waals surface area (Å²) in [5.74, 6) is 1.99. The van der Waals surface area contributed by atoms with Gasteiger partial charge in [0.05, 0.1) is 12.0 Å². The Labute approximate surface area is 75.3 Å². The fourth-order valence-corrected chi connectivity index (χ4v) is 1.06. The van der Waals surface area contributed by atoms with Crippen LogP contribution in [0.5, 0.6) is 0 Å². The molecule has 3 heteroatoms. The van der Waals surface area contributed by atoms with Gasteiger partial charge in [0.1, 0.15) is 11.5 Å². The summed E-state index contributed by atoms with van der Waals surface area (Å²) in [4.78, 5) is 2.12. The topological polar surface area (TPSA) is 16.4 Å². The molecule has 0 radical (unpaired) electrons. The maximum Gasteiger partial charge on any atom is 0.118 e. The third-order valence-electron chi connectivity index (χ3n) is 1.43. The highest BCUT2D eigenvalue weighted by Gasteiger charge is 2.01. The van der Waals surface area contributed by atoms with Gasteiger partial charge in [0.15, 0.2) is 0 Å². The summed E-state index contributed by atoms with van der Waals surface area (Å²) in [6.45, 7) is 2.82. The van der Waals surface area contributed by atoms with Gasteiger partial charge in [-0.15, -0.1) is 0 Å². The number of halogens is 1.